The molecule has 1 aromatic heterocycles. The van der Waals surface area contributed by atoms with Gasteiger partial charge in [0, 0.05) is 29.7 Å². The lowest BCUT2D eigenvalue weighted by Crippen LogP contribution is -2.53. The van der Waals surface area contributed by atoms with Crippen LogP contribution in [0.1, 0.15) is 30.9 Å². The van der Waals surface area contributed by atoms with Crippen LogP contribution in [0.3, 0.4) is 0 Å². The number of rotatable bonds is 5. The second kappa shape index (κ2) is 8.41. The first-order valence-electron chi connectivity index (χ1n) is 9.59. The fourth-order valence-electron chi connectivity index (χ4n) is 3.83. The second-order valence-corrected chi connectivity index (χ2v) is 8.29. The van der Waals surface area contributed by atoms with Gasteiger partial charge in [0.1, 0.15) is 5.82 Å². The number of nitrogens with zero attached hydrogens (tertiary/aromatic N) is 3. The summed E-state index contributed by atoms with van der Waals surface area (Å²) in [6.45, 7) is 2.27. The van der Waals surface area contributed by atoms with E-state index in [-0.39, 0.29) is 23.8 Å². The summed E-state index contributed by atoms with van der Waals surface area (Å²) in [5.41, 5.74) is 1.19. The van der Waals surface area contributed by atoms with Gasteiger partial charge in [-0.1, -0.05) is 30.3 Å². The first kappa shape index (κ1) is 19.1. The number of hydrogen-bond acceptors (Lipinski definition) is 4. The molecule has 0 spiro atoms. The van der Waals surface area contributed by atoms with Gasteiger partial charge in [0.15, 0.2) is 0 Å². The van der Waals surface area contributed by atoms with Crippen molar-refractivity contribution in [2.45, 2.75) is 25.3 Å². The Kier molecular flexibility index (Phi) is 5.73. The Hall–Kier alpha value is -2.25. The Balaban J connectivity index is 1.27. The fraction of sp³-hybridized carbons (Fsp3) is 0.381. The van der Waals surface area contributed by atoms with E-state index in [9.17, 15) is 9.59 Å². The Bertz CT molecular complexity index is 835. The van der Waals surface area contributed by atoms with Crippen LogP contribution in [0.15, 0.2) is 53.1 Å². The molecule has 1 unspecified atom stereocenters. The summed E-state index contributed by atoms with van der Waals surface area (Å²) < 4.78 is 0.883. The number of amides is 2. The summed E-state index contributed by atoms with van der Waals surface area (Å²) in [7, 11) is 0. The minimum Gasteiger partial charge on any atom is -0.322 e. The molecule has 2 aromatic rings. The maximum Gasteiger partial charge on any atom is 0.228 e. The first-order valence-corrected chi connectivity index (χ1v) is 10.4. The minimum absolute atomic E-state index is 0.0151. The third-order valence-corrected chi connectivity index (χ3v) is 6.01. The van der Waals surface area contributed by atoms with Gasteiger partial charge in [-0.2, -0.15) is 0 Å². The number of carbonyl (C=O) groups excluding carboxylic acids is 2. The molecular weight excluding hydrogens is 420 g/mol. The van der Waals surface area contributed by atoms with Crippen LogP contribution in [-0.2, 0) is 9.59 Å². The largest absolute Gasteiger partial charge is 0.322 e. The van der Waals surface area contributed by atoms with Gasteiger partial charge in [-0.3, -0.25) is 14.5 Å². The third kappa shape index (κ3) is 4.25. The average Bonchev–Trinajstić information content (AvgIpc) is 2.73. The molecule has 4 rings (SSSR count). The summed E-state index contributed by atoms with van der Waals surface area (Å²) in [6, 6.07) is 14.0. The number of aromatic nitrogens is 1. The summed E-state index contributed by atoms with van der Waals surface area (Å²) >= 11 is 3.34. The average molecular weight is 443 g/mol. The smallest absolute Gasteiger partial charge is 0.228 e. The van der Waals surface area contributed by atoms with Crippen LogP contribution in [0.4, 0.5) is 5.82 Å². The highest BCUT2D eigenvalue weighted by molar-refractivity contribution is 9.10. The molecule has 0 aliphatic carbocycles. The molecule has 1 atom stereocenters. The number of carbonyl (C=O) groups is 2. The van der Waals surface area contributed by atoms with Gasteiger partial charge in [0.2, 0.25) is 11.8 Å². The number of β-lactam (4-membered cyclic amide) rings is 1. The van der Waals surface area contributed by atoms with E-state index in [4.69, 9.17) is 0 Å². The van der Waals surface area contributed by atoms with Crippen LogP contribution in [0.25, 0.3) is 0 Å². The highest BCUT2D eigenvalue weighted by Crippen LogP contribution is 2.34. The van der Waals surface area contributed by atoms with Gasteiger partial charge in [-0.05, 0) is 46.5 Å². The van der Waals surface area contributed by atoms with Crippen molar-refractivity contribution < 1.29 is 9.59 Å². The topological polar surface area (TPSA) is 65.5 Å². The molecule has 2 fully saturated rings. The highest BCUT2D eigenvalue weighted by Gasteiger charge is 2.38. The molecule has 6 nitrogen and oxygen atoms in total. The molecule has 2 aliphatic heterocycles. The van der Waals surface area contributed by atoms with Crippen molar-refractivity contribution in [1.29, 1.82) is 0 Å². The monoisotopic (exact) mass is 442 g/mol. The SMILES string of the molecule is O=C(Nc1ccc(Br)cn1)C1CCN(CN2C(=O)CC2c2ccccc2)CC1. The summed E-state index contributed by atoms with van der Waals surface area (Å²) in [5.74, 6) is 0.790. The lowest BCUT2D eigenvalue weighted by molar-refractivity contribution is -0.151. The zero-order valence-corrected chi connectivity index (χ0v) is 17.1. The maximum atomic E-state index is 12.5. The quantitative estimate of drug-likeness (QED) is 0.720. The lowest BCUT2D eigenvalue weighted by atomic mass is 9.93. The second-order valence-electron chi connectivity index (χ2n) is 7.38. The predicted octanol–water partition coefficient (Wildman–Crippen LogP) is 3.43. The Morgan fingerprint density at radius 2 is 1.89 bits per heavy atom. The van der Waals surface area contributed by atoms with Crippen LogP contribution >= 0.6 is 15.9 Å². The molecule has 0 bridgehead atoms. The number of pyridine rings is 1. The van der Waals surface area contributed by atoms with E-state index in [1.54, 1.807) is 12.3 Å². The van der Waals surface area contributed by atoms with Crippen LogP contribution in [0.2, 0.25) is 0 Å². The van der Waals surface area contributed by atoms with E-state index < -0.39 is 0 Å². The Morgan fingerprint density at radius 1 is 1.14 bits per heavy atom. The number of benzene rings is 1. The van der Waals surface area contributed by atoms with E-state index in [0.29, 0.717) is 18.9 Å². The third-order valence-electron chi connectivity index (χ3n) is 5.54. The Labute approximate surface area is 173 Å². The van der Waals surface area contributed by atoms with Crippen molar-refractivity contribution in [2.24, 2.45) is 5.92 Å². The van der Waals surface area contributed by atoms with Gasteiger partial charge >= 0.3 is 0 Å². The molecule has 0 saturated carbocycles. The number of likely N-dealkylation sites (tertiary alicyclic amines) is 2. The van der Waals surface area contributed by atoms with Crippen molar-refractivity contribution in [2.75, 3.05) is 25.1 Å². The highest BCUT2D eigenvalue weighted by atomic mass is 79.9. The van der Waals surface area contributed by atoms with E-state index in [2.05, 4.69) is 43.3 Å². The van der Waals surface area contributed by atoms with Crippen molar-refractivity contribution in [3.05, 3.63) is 58.7 Å². The number of halogens is 1. The van der Waals surface area contributed by atoms with Crippen LogP contribution in [0.5, 0.6) is 0 Å². The van der Waals surface area contributed by atoms with E-state index >= 15 is 0 Å². The van der Waals surface area contributed by atoms with Crippen molar-refractivity contribution in [3.8, 4) is 0 Å². The van der Waals surface area contributed by atoms with E-state index in [1.807, 2.05) is 29.2 Å². The van der Waals surface area contributed by atoms with Crippen molar-refractivity contribution >= 4 is 33.6 Å². The van der Waals surface area contributed by atoms with E-state index in [0.717, 1.165) is 30.4 Å². The number of anilines is 1. The number of hydrogen-bond donors (Lipinski definition) is 1. The molecule has 3 heterocycles. The molecule has 0 radical (unpaired) electrons. The molecular formula is C21H23BrN4O2. The predicted molar refractivity (Wildman–Crippen MR) is 110 cm³/mol. The lowest BCUT2D eigenvalue weighted by Gasteiger charge is -2.44. The van der Waals surface area contributed by atoms with Crippen LogP contribution in [0, 0.1) is 5.92 Å². The van der Waals surface area contributed by atoms with Crippen molar-refractivity contribution in [1.82, 2.24) is 14.8 Å². The Morgan fingerprint density at radius 3 is 2.54 bits per heavy atom. The summed E-state index contributed by atoms with van der Waals surface area (Å²) in [5, 5.41) is 2.90. The van der Waals surface area contributed by atoms with Gasteiger partial charge in [-0.15, -0.1) is 0 Å². The fourth-order valence-corrected chi connectivity index (χ4v) is 4.07. The maximum absolute atomic E-state index is 12.5. The van der Waals surface area contributed by atoms with Gasteiger partial charge in [-0.25, -0.2) is 4.98 Å². The molecule has 1 aromatic carbocycles. The zero-order chi connectivity index (χ0) is 19.5. The molecule has 1 N–H and O–H groups in total. The normalized spacial score (nSPS) is 20.7. The standard InChI is InChI=1S/C21H23BrN4O2/c22-17-6-7-19(23-13-17)24-21(28)16-8-10-25(11-9-16)14-26-18(12-20(26)27)15-4-2-1-3-5-15/h1-7,13,16,18H,8-12,14H2,(H,23,24,28). The molecule has 2 saturated heterocycles. The van der Waals surface area contributed by atoms with Gasteiger partial charge in [0.05, 0.1) is 19.1 Å². The molecule has 2 amide bonds. The molecule has 28 heavy (non-hydrogen) atoms. The van der Waals surface area contributed by atoms with Crippen molar-refractivity contribution in [3.63, 3.8) is 0 Å². The van der Waals surface area contributed by atoms with Gasteiger partial charge in [0.25, 0.3) is 0 Å². The van der Waals surface area contributed by atoms with E-state index in [1.165, 1.54) is 5.56 Å². The van der Waals surface area contributed by atoms with Crippen LogP contribution in [-0.4, -0.2) is 46.4 Å². The zero-order valence-electron chi connectivity index (χ0n) is 15.6. The summed E-state index contributed by atoms with van der Waals surface area (Å²) in [6.07, 6.45) is 3.84. The minimum atomic E-state index is -0.0151. The van der Waals surface area contributed by atoms with Crippen LogP contribution < -0.4 is 5.32 Å². The molecule has 7 heteroatoms. The number of piperidine rings is 1. The molecule has 146 valence electrons. The summed E-state index contributed by atoms with van der Waals surface area (Å²) in [4.78, 5) is 33.0. The number of nitrogens with one attached hydrogen (secondary N) is 1. The first-order chi connectivity index (χ1) is 13.6. The molecule has 2 aliphatic rings. The van der Waals surface area contributed by atoms with Gasteiger partial charge < -0.3 is 10.2 Å².